The van der Waals surface area contributed by atoms with Crippen LogP contribution in [0.2, 0.25) is 0 Å². The summed E-state index contributed by atoms with van der Waals surface area (Å²) in [7, 11) is 0. The fourth-order valence-electron chi connectivity index (χ4n) is 4.89. The first-order valence-electron chi connectivity index (χ1n) is 10.7. The van der Waals surface area contributed by atoms with Crippen LogP contribution in [0.5, 0.6) is 0 Å². The molecule has 3 fully saturated rings. The first-order valence-corrected chi connectivity index (χ1v) is 10.7. The quantitative estimate of drug-likeness (QED) is 0.793. The molecule has 5 nitrogen and oxygen atoms in total. The predicted molar refractivity (Wildman–Crippen MR) is 108 cm³/mol. The molecule has 0 spiro atoms. The lowest BCUT2D eigenvalue weighted by atomic mass is 9.96. The van der Waals surface area contributed by atoms with Gasteiger partial charge in [-0.3, -0.25) is 9.80 Å². The molecule has 3 heterocycles. The fraction of sp³-hybridized carbons (Fsp3) is 0.727. The second-order valence-corrected chi connectivity index (χ2v) is 8.31. The number of benzene rings is 1. The highest BCUT2D eigenvalue weighted by Crippen LogP contribution is 2.26. The van der Waals surface area contributed by atoms with Crippen LogP contribution < -0.4 is 5.32 Å². The summed E-state index contributed by atoms with van der Waals surface area (Å²) in [6, 6.07) is 12.6. The molecule has 3 aliphatic heterocycles. The number of likely N-dealkylation sites (tertiary alicyclic amines) is 1. The zero-order chi connectivity index (χ0) is 18.5. The molecule has 4 rings (SSSR count). The lowest BCUT2D eigenvalue weighted by Gasteiger charge is -2.38. The molecule has 27 heavy (non-hydrogen) atoms. The molecule has 0 radical (unpaired) electrons. The molecule has 0 amide bonds. The summed E-state index contributed by atoms with van der Waals surface area (Å²) in [5.74, 6) is 0.663. The van der Waals surface area contributed by atoms with Gasteiger partial charge in [-0.15, -0.1) is 0 Å². The minimum absolute atomic E-state index is 0.497. The standard InChI is InChI=1S/C22H35N3O2/c1-18(19-5-3-2-4-6-19)25-9-7-21(16-25)23-15-22(20-8-12-27-17-20)24-10-13-26-14-11-24/h2-6,18,20-23H,7-17H2,1H3. The number of ether oxygens (including phenoxy) is 2. The van der Waals surface area contributed by atoms with Crippen LogP contribution in [0.4, 0.5) is 0 Å². The molecule has 0 saturated carbocycles. The Bertz CT molecular complexity index is 558. The lowest BCUT2D eigenvalue weighted by molar-refractivity contribution is 0.000855. The molecule has 1 aromatic carbocycles. The van der Waals surface area contributed by atoms with E-state index in [1.165, 1.54) is 24.9 Å². The molecule has 0 aliphatic carbocycles. The van der Waals surface area contributed by atoms with E-state index in [0.717, 1.165) is 52.6 Å². The van der Waals surface area contributed by atoms with Crippen molar-refractivity contribution in [3.8, 4) is 0 Å². The van der Waals surface area contributed by atoms with Gasteiger partial charge in [0.1, 0.15) is 0 Å². The number of hydrogen-bond donors (Lipinski definition) is 1. The van der Waals surface area contributed by atoms with Gasteiger partial charge in [0.05, 0.1) is 19.8 Å². The van der Waals surface area contributed by atoms with E-state index in [2.05, 4.69) is 52.4 Å². The molecule has 4 unspecified atom stereocenters. The van der Waals surface area contributed by atoms with Crippen molar-refractivity contribution >= 4 is 0 Å². The minimum atomic E-state index is 0.497. The normalized spacial score (nSPS) is 29.8. The smallest absolute Gasteiger partial charge is 0.0594 e. The van der Waals surface area contributed by atoms with Crippen molar-refractivity contribution in [2.45, 2.75) is 37.9 Å². The van der Waals surface area contributed by atoms with Crippen molar-refractivity contribution in [3.05, 3.63) is 35.9 Å². The Labute approximate surface area is 164 Å². The average Bonchev–Trinajstić information content (AvgIpc) is 3.42. The van der Waals surface area contributed by atoms with E-state index in [9.17, 15) is 0 Å². The number of rotatable bonds is 7. The van der Waals surface area contributed by atoms with Crippen LogP contribution in [-0.2, 0) is 9.47 Å². The Morgan fingerprint density at radius 3 is 2.56 bits per heavy atom. The number of nitrogens with one attached hydrogen (secondary N) is 1. The molecule has 1 aromatic rings. The van der Waals surface area contributed by atoms with Gasteiger partial charge in [0.15, 0.2) is 0 Å². The Morgan fingerprint density at radius 2 is 1.81 bits per heavy atom. The van der Waals surface area contributed by atoms with E-state index in [0.29, 0.717) is 24.0 Å². The van der Waals surface area contributed by atoms with E-state index in [-0.39, 0.29) is 0 Å². The second kappa shape index (κ2) is 9.48. The summed E-state index contributed by atoms with van der Waals surface area (Å²) >= 11 is 0. The Hall–Kier alpha value is -0.980. The van der Waals surface area contributed by atoms with E-state index >= 15 is 0 Å². The lowest BCUT2D eigenvalue weighted by Crippen LogP contribution is -2.53. The first-order chi connectivity index (χ1) is 13.3. The van der Waals surface area contributed by atoms with Gasteiger partial charge in [0.2, 0.25) is 0 Å². The summed E-state index contributed by atoms with van der Waals surface area (Å²) < 4.78 is 11.3. The molecular formula is C22H35N3O2. The maximum atomic E-state index is 5.70. The van der Waals surface area contributed by atoms with Crippen LogP contribution in [0, 0.1) is 5.92 Å². The van der Waals surface area contributed by atoms with Gasteiger partial charge < -0.3 is 14.8 Å². The third kappa shape index (κ3) is 4.90. The van der Waals surface area contributed by atoms with Gasteiger partial charge in [-0.1, -0.05) is 30.3 Å². The highest BCUT2D eigenvalue weighted by atomic mass is 16.5. The Morgan fingerprint density at radius 1 is 1.00 bits per heavy atom. The highest BCUT2D eigenvalue weighted by molar-refractivity contribution is 5.18. The molecule has 1 N–H and O–H groups in total. The van der Waals surface area contributed by atoms with Crippen molar-refractivity contribution < 1.29 is 9.47 Å². The topological polar surface area (TPSA) is 37.0 Å². The average molecular weight is 374 g/mol. The van der Waals surface area contributed by atoms with Crippen LogP contribution in [0.1, 0.15) is 31.4 Å². The molecule has 4 atom stereocenters. The first kappa shape index (κ1) is 19.3. The SMILES string of the molecule is CC(c1ccccc1)N1CCC(NCC(C2CCOC2)N2CCOCC2)C1. The van der Waals surface area contributed by atoms with Gasteiger partial charge >= 0.3 is 0 Å². The van der Waals surface area contributed by atoms with Gasteiger partial charge in [0.25, 0.3) is 0 Å². The number of nitrogens with zero attached hydrogens (tertiary/aromatic N) is 2. The van der Waals surface area contributed by atoms with Gasteiger partial charge in [-0.05, 0) is 25.3 Å². The van der Waals surface area contributed by atoms with E-state index in [1.54, 1.807) is 0 Å². The molecular weight excluding hydrogens is 338 g/mol. The molecule has 3 aliphatic rings. The van der Waals surface area contributed by atoms with Gasteiger partial charge in [-0.25, -0.2) is 0 Å². The molecule has 5 heteroatoms. The third-order valence-corrected chi connectivity index (χ3v) is 6.69. The maximum absolute atomic E-state index is 5.70. The number of morpholine rings is 1. The van der Waals surface area contributed by atoms with Crippen molar-refractivity contribution in [1.82, 2.24) is 15.1 Å². The fourth-order valence-corrected chi connectivity index (χ4v) is 4.89. The predicted octanol–water partition coefficient (Wildman–Crippen LogP) is 2.15. The zero-order valence-electron chi connectivity index (χ0n) is 16.7. The van der Waals surface area contributed by atoms with Crippen molar-refractivity contribution in [1.29, 1.82) is 0 Å². The third-order valence-electron chi connectivity index (χ3n) is 6.69. The van der Waals surface area contributed by atoms with Crippen LogP contribution in [0.3, 0.4) is 0 Å². The zero-order valence-corrected chi connectivity index (χ0v) is 16.7. The largest absolute Gasteiger partial charge is 0.381 e. The maximum Gasteiger partial charge on any atom is 0.0594 e. The Balaban J connectivity index is 1.30. The van der Waals surface area contributed by atoms with E-state index < -0.39 is 0 Å². The molecule has 150 valence electrons. The van der Waals surface area contributed by atoms with Crippen molar-refractivity contribution in [3.63, 3.8) is 0 Å². The summed E-state index contributed by atoms with van der Waals surface area (Å²) in [6.07, 6.45) is 2.44. The van der Waals surface area contributed by atoms with E-state index in [1.807, 2.05) is 0 Å². The summed E-state index contributed by atoms with van der Waals surface area (Å²) in [4.78, 5) is 5.25. The van der Waals surface area contributed by atoms with Crippen LogP contribution >= 0.6 is 0 Å². The monoisotopic (exact) mass is 373 g/mol. The Kier molecular flexibility index (Phi) is 6.79. The summed E-state index contributed by atoms with van der Waals surface area (Å²) in [6.45, 7) is 11.5. The molecule has 0 bridgehead atoms. The molecule has 0 aromatic heterocycles. The van der Waals surface area contributed by atoms with Crippen molar-refractivity contribution in [2.24, 2.45) is 5.92 Å². The van der Waals surface area contributed by atoms with Crippen molar-refractivity contribution in [2.75, 3.05) is 59.2 Å². The summed E-state index contributed by atoms with van der Waals surface area (Å²) in [5, 5.41) is 3.91. The van der Waals surface area contributed by atoms with Crippen LogP contribution in [0.25, 0.3) is 0 Å². The van der Waals surface area contributed by atoms with Crippen LogP contribution in [0.15, 0.2) is 30.3 Å². The summed E-state index contributed by atoms with van der Waals surface area (Å²) in [5.41, 5.74) is 1.42. The minimum Gasteiger partial charge on any atom is -0.381 e. The van der Waals surface area contributed by atoms with Gasteiger partial charge in [-0.2, -0.15) is 0 Å². The van der Waals surface area contributed by atoms with E-state index in [4.69, 9.17) is 9.47 Å². The highest BCUT2D eigenvalue weighted by Gasteiger charge is 2.33. The van der Waals surface area contributed by atoms with Crippen LogP contribution in [-0.4, -0.2) is 81.0 Å². The van der Waals surface area contributed by atoms with Gasteiger partial charge in [0, 0.05) is 63.4 Å². The molecule has 3 saturated heterocycles. The number of hydrogen-bond acceptors (Lipinski definition) is 5. The second-order valence-electron chi connectivity index (χ2n) is 8.31.